The molecule has 2 aliphatic carbocycles. The summed E-state index contributed by atoms with van der Waals surface area (Å²) >= 11 is 0. The zero-order valence-electron chi connectivity index (χ0n) is 10.7. The molecule has 4 heteroatoms. The Labute approximate surface area is 103 Å². The maximum absolute atomic E-state index is 11.6. The van der Waals surface area contributed by atoms with Crippen LogP contribution in [0.2, 0.25) is 0 Å². The summed E-state index contributed by atoms with van der Waals surface area (Å²) in [6, 6.07) is 0.461. The van der Waals surface area contributed by atoms with E-state index in [2.05, 4.69) is 5.32 Å². The van der Waals surface area contributed by atoms with Gasteiger partial charge in [-0.3, -0.25) is 4.79 Å². The lowest BCUT2D eigenvalue weighted by molar-refractivity contribution is -0.136. The van der Waals surface area contributed by atoms with E-state index in [-0.39, 0.29) is 12.0 Å². The Balaban J connectivity index is 1.92. The van der Waals surface area contributed by atoms with Gasteiger partial charge in [0.2, 0.25) is 5.91 Å². The van der Waals surface area contributed by atoms with Crippen molar-refractivity contribution >= 4 is 5.91 Å². The molecule has 0 heterocycles. The molecule has 0 aromatic carbocycles. The van der Waals surface area contributed by atoms with Crippen molar-refractivity contribution in [2.24, 2.45) is 5.73 Å². The topological polar surface area (TPSA) is 64.3 Å². The SMILES string of the molecule is COC1CC(NC2CCCCCC2)(C(N)=O)C1. The van der Waals surface area contributed by atoms with Crippen molar-refractivity contribution in [2.75, 3.05) is 7.11 Å². The van der Waals surface area contributed by atoms with E-state index in [4.69, 9.17) is 10.5 Å². The van der Waals surface area contributed by atoms with Gasteiger partial charge < -0.3 is 15.8 Å². The molecule has 2 saturated carbocycles. The Morgan fingerprint density at radius 2 is 1.82 bits per heavy atom. The van der Waals surface area contributed by atoms with Crippen LogP contribution in [0, 0.1) is 0 Å². The maximum atomic E-state index is 11.6. The molecule has 98 valence electrons. The third-order valence-electron chi connectivity index (χ3n) is 4.29. The van der Waals surface area contributed by atoms with Gasteiger partial charge in [-0.15, -0.1) is 0 Å². The summed E-state index contributed by atoms with van der Waals surface area (Å²) in [5.41, 5.74) is 5.06. The molecule has 0 atom stereocenters. The van der Waals surface area contributed by atoms with Crippen molar-refractivity contribution in [3.05, 3.63) is 0 Å². The normalized spacial score (nSPS) is 35.0. The van der Waals surface area contributed by atoms with Gasteiger partial charge in [0, 0.05) is 26.0 Å². The van der Waals surface area contributed by atoms with Gasteiger partial charge in [-0.2, -0.15) is 0 Å². The van der Waals surface area contributed by atoms with Crippen LogP contribution in [0.4, 0.5) is 0 Å². The van der Waals surface area contributed by atoms with Crippen LogP contribution in [0.3, 0.4) is 0 Å². The van der Waals surface area contributed by atoms with Crippen molar-refractivity contribution in [2.45, 2.75) is 69.1 Å². The molecule has 17 heavy (non-hydrogen) atoms. The molecule has 0 spiro atoms. The minimum absolute atomic E-state index is 0.195. The third kappa shape index (κ3) is 2.80. The number of carbonyl (C=O) groups is 1. The molecule has 0 radical (unpaired) electrons. The zero-order chi connectivity index (χ0) is 12.3. The molecular weight excluding hydrogens is 216 g/mol. The van der Waals surface area contributed by atoms with Gasteiger partial charge in [0.25, 0.3) is 0 Å². The molecule has 2 aliphatic rings. The number of rotatable bonds is 4. The van der Waals surface area contributed by atoms with E-state index in [9.17, 15) is 4.79 Å². The molecule has 0 aromatic heterocycles. The number of primary amides is 1. The lowest BCUT2D eigenvalue weighted by Gasteiger charge is -2.47. The molecule has 2 fully saturated rings. The summed E-state index contributed by atoms with van der Waals surface area (Å²) in [7, 11) is 1.70. The maximum Gasteiger partial charge on any atom is 0.237 e. The molecule has 0 unspecified atom stereocenters. The van der Waals surface area contributed by atoms with E-state index >= 15 is 0 Å². The van der Waals surface area contributed by atoms with E-state index in [1.807, 2.05) is 0 Å². The summed E-state index contributed by atoms with van der Waals surface area (Å²) < 4.78 is 5.26. The predicted octanol–water partition coefficient (Wildman–Crippen LogP) is 1.33. The Bertz CT molecular complexity index is 267. The van der Waals surface area contributed by atoms with Gasteiger partial charge in [0.05, 0.1) is 6.10 Å². The molecule has 1 amide bonds. The number of nitrogens with two attached hydrogens (primary N) is 1. The highest BCUT2D eigenvalue weighted by Gasteiger charge is 2.50. The fourth-order valence-electron chi connectivity index (χ4n) is 3.09. The van der Waals surface area contributed by atoms with Crippen LogP contribution >= 0.6 is 0 Å². The van der Waals surface area contributed by atoms with Gasteiger partial charge in [-0.25, -0.2) is 0 Å². The minimum Gasteiger partial charge on any atom is -0.381 e. The quantitative estimate of drug-likeness (QED) is 0.729. The number of amides is 1. The number of carbonyl (C=O) groups excluding carboxylic acids is 1. The van der Waals surface area contributed by atoms with Crippen molar-refractivity contribution in [1.82, 2.24) is 5.32 Å². The van der Waals surface area contributed by atoms with Crippen LogP contribution in [0.25, 0.3) is 0 Å². The van der Waals surface area contributed by atoms with Crippen LogP contribution in [0.15, 0.2) is 0 Å². The first-order chi connectivity index (χ1) is 8.16. The Kier molecular flexibility index (Phi) is 4.05. The van der Waals surface area contributed by atoms with Gasteiger partial charge >= 0.3 is 0 Å². The average molecular weight is 240 g/mol. The van der Waals surface area contributed by atoms with E-state index in [1.54, 1.807) is 7.11 Å². The van der Waals surface area contributed by atoms with Gasteiger partial charge in [-0.1, -0.05) is 25.7 Å². The Morgan fingerprint density at radius 1 is 1.24 bits per heavy atom. The highest BCUT2D eigenvalue weighted by molar-refractivity contribution is 5.86. The first-order valence-corrected chi connectivity index (χ1v) is 6.77. The van der Waals surface area contributed by atoms with Crippen LogP contribution in [0.1, 0.15) is 51.4 Å². The highest BCUT2D eigenvalue weighted by atomic mass is 16.5. The number of hydrogen-bond donors (Lipinski definition) is 2. The lowest BCUT2D eigenvalue weighted by Crippen LogP contribution is -2.67. The summed E-state index contributed by atoms with van der Waals surface area (Å²) in [6.45, 7) is 0. The largest absolute Gasteiger partial charge is 0.381 e. The highest BCUT2D eigenvalue weighted by Crippen LogP contribution is 2.35. The standard InChI is InChI=1S/C13H24N2O2/c1-17-11-8-13(9-11,12(14)16)15-10-6-4-2-3-5-7-10/h10-11,15H,2-9H2,1H3,(H2,14,16). The number of ether oxygens (including phenoxy) is 1. The van der Waals surface area contributed by atoms with Gasteiger partial charge in [-0.05, 0) is 12.8 Å². The van der Waals surface area contributed by atoms with Crippen molar-refractivity contribution < 1.29 is 9.53 Å². The predicted molar refractivity (Wildman–Crippen MR) is 66.6 cm³/mol. The summed E-state index contributed by atoms with van der Waals surface area (Å²) in [4.78, 5) is 11.6. The van der Waals surface area contributed by atoms with Crippen molar-refractivity contribution in [1.29, 1.82) is 0 Å². The van der Waals surface area contributed by atoms with Crippen LogP contribution in [0.5, 0.6) is 0 Å². The average Bonchev–Trinajstić information content (AvgIpc) is 2.50. The monoisotopic (exact) mass is 240 g/mol. The van der Waals surface area contributed by atoms with E-state index in [0.29, 0.717) is 6.04 Å². The molecule has 0 aliphatic heterocycles. The van der Waals surface area contributed by atoms with Gasteiger partial charge in [0.1, 0.15) is 5.54 Å². The van der Waals surface area contributed by atoms with Crippen LogP contribution in [-0.2, 0) is 9.53 Å². The summed E-state index contributed by atoms with van der Waals surface area (Å²) in [5.74, 6) is -0.213. The van der Waals surface area contributed by atoms with Crippen LogP contribution < -0.4 is 11.1 Å². The molecule has 4 nitrogen and oxygen atoms in total. The number of methoxy groups -OCH3 is 1. The van der Waals surface area contributed by atoms with E-state index < -0.39 is 5.54 Å². The smallest absolute Gasteiger partial charge is 0.237 e. The first-order valence-electron chi connectivity index (χ1n) is 6.77. The number of hydrogen-bond acceptors (Lipinski definition) is 3. The second-order valence-corrected chi connectivity index (χ2v) is 5.55. The molecule has 0 bridgehead atoms. The second-order valence-electron chi connectivity index (χ2n) is 5.55. The minimum atomic E-state index is -0.490. The fourth-order valence-corrected chi connectivity index (χ4v) is 3.09. The fraction of sp³-hybridized carbons (Fsp3) is 0.923. The van der Waals surface area contributed by atoms with Crippen LogP contribution in [-0.4, -0.2) is 30.7 Å². The molecular formula is C13H24N2O2. The van der Waals surface area contributed by atoms with Crippen molar-refractivity contribution in [3.8, 4) is 0 Å². The first kappa shape index (κ1) is 12.8. The lowest BCUT2D eigenvalue weighted by atomic mass is 9.72. The Morgan fingerprint density at radius 3 is 2.29 bits per heavy atom. The molecule has 3 N–H and O–H groups in total. The van der Waals surface area contributed by atoms with Crippen molar-refractivity contribution in [3.63, 3.8) is 0 Å². The van der Waals surface area contributed by atoms with E-state index in [0.717, 1.165) is 12.8 Å². The third-order valence-corrected chi connectivity index (χ3v) is 4.29. The van der Waals surface area contributed by atoms with E-state index in [1.165, 1.54) is 38.5 Å². The molecule has 0 aromatic rings. The molecule has 2 rings (SSSR count). The molecule has 0 saturated heterocycles. The summed E-state index contributed by atoms with van der Waals surface area (Å²) in [6.07, 6.45) is 9.18. The second kappa shape index (κ2) is 5.36. The Hall–Kier alpha value is -0.610. The number of nitrogens with one attached hydrogen (secondary N) is 1. The summed E-state index contributed by atoms with van der Waals surface area (Å²) in [5, 5.41) is 3.52. The van der Waals surface area contributed by atoms with Gasteiger partial charge in [0.15, 0.2) is 0 Å². The zero-order valence-corrected chi connectivity index (χ0v) is 10.7.